The van der Waals surface area contributed by atoms with Gasteiger partial charge < -0.3 is 30.3 Å². The van der Waals surface area contributed by atoms with E-state index in [1.807, 2.05) is 30.3 Å². The molecular weight excluding hydrogens is 342 g/mol. The second-order valence-corrected chi connectivity index (χ2v) is 6.04. The largest absolute Gasteiger partial charge is 0.506 e. The minimum atomic E-state index is -1.65. The molecule has 1 unspecified atom stereocenters. The van der Waals surface area contributed by atoms with E-state index in [4.69, 9.17) is 4.74 Å². The zero-order valence-electron chi connectivity index (χ0n) is 14.6. The lowest BCUT2D eigenvalue weighted by Crippen LogP contribution is -2.57. The van der Waals surface area contributed by atoms with Crippen LogP contribution in [0.4, 0.5) is 4.79 Å². The molecule has 4 N–H and O–H groups in total. The Morgan fingerprint density at radius 1 is 1.31 bits per heavy atom. The van der Waals surface area contributed by atoms with E-state index in [-0.39, 0.29) is 18.1 Å². The first-order valence-electron chi connectivity index (χ1n) is 7.78. The first kappa shape index (κ1) is 19.3. The van der Waals surface area contributed by atoms with Gasteiger partial charge in [0.25, 0.3) is 0 Å². The molecular formula is C17H21N3O6. The Balaban J connectivity index is 2.03. The third kappa shape index (κ3) is 4.51. The van der Waals surface area contributed by atoms with Gasteiger partial charge in [0.15, 0.2) is 11.5 Å². The summed E-state index contributed by atoms with van der Waals surface area (Å²) in [6.45, 7) is 3.26. The average Bonchev–Trinajstić information content (AvgIpc) is 2.62. The van der Waals surface area contributed by atoms with E-state index in [1.165, 1.54) is 0 Å². The minimum absolute atomic E-state index is 0.0554. The van der Waals surface area contributed by atoms with Crippen molar-refractivity contribution in [3.8, 4) is 0 Å². The van der Waals surface area contributed by atoms with E-state index < -0.39 is 29.6 Å². The second-order valence-electron chi connectivity index (χ2n) is 6.04. The molecule has 0 saturated carbocycles. The van der Waals surface area contributed by atoms with Crippen molar-refractivity contribution in [3.05, 3.63) is 47.4 Å². The van der Waals surface area contributed by atoms with E-state index in [0.717, 1.165) is 12.7 Å². The number of hydrogen-bond acceptors (Lipinski definition) is 8. The number of alkyl carbamates (subject to hydrolysis) is 1. The summed E-state index contributed by atoms with van der Waals surface area (Å²) in [7, 11) is 1.13. The number of hydrogen-bond donors (Lipinski definition) is 4. The molecule has 9 nitrogen and oxygen atoms in total. The summed E-state index contributed by atoms with van der Waals surface area (Å²) in [4.78, 5) is 27.6. The molecule has 0 saturated heterocycles. The predicted octanol–water partition coefficient (Wildman–Crippen LogP) is 0.954. The van der Waals surface area contributed by atoms with Crippen molar-refractivity contribution in [2.75, 3.05) is 7.11 Å². The summed E-state index contributed by atoms with van der Waals surface area (Å²) in [5, 5.41) is 24.8. The normalized spacial score (nSPS) is 17.1. The topological polar surface area (TPSA) is 129 Å². The molecule has 0 aliphatic carbocycles. The summed E-state index contributed by atoms with van der Waals surface area (Å²) in [6.07, 6.45) is -2.36. The van der Waals surface area contributed by atoms with Crippen molar-refractivity contribution >= 4 is 17.9 Å². The van der Waals surface area contributed by atoms with E-state index in [0.29, 0.717) is 0 Å². The number of carbonyl (C=O) groups excluding carboxylic acids is 2. The molecule has 1 aromatic rings. The van der Waals surface area contributed by atoms with Gasteiger partial charge in [0.2, 0.25) is 6.23 Å². The maximum Gasteiger partial charge on any atom is 0.408 e. The Bertz CT molecular complexity index is 742. The van der Waals surface area contributed by atoms with Crippen LogP contribution in [0.15, 0.2) is 46.8 Å². The number of amidine groups is 1. The Labute approximate surface area is 150 Å². The van der Waals surface area contributed by atoms with E-state index >= 15 is 0 Å². The highest BCUT2D eigenvalue weighted by atomic mass is 16.5. The van der Waals surface area contributed by atoms with Gasteiger partial charge in [-0.2, -0.15) is 0 Å². The SMILES string of the molecule is COC(=O)C1=C(O)C(O)N=C(C(C)(C)NC(=O)OCc2ccccc2)N1. The standard InChI is InChI=1S/C17H21N3O6/c1-17(2,20-16(24)26-9-10-7-5-4-6-8-10)15-18-11(14(23)25-3)12(21)13(22)19-15/h4-8,13,21-22H,9H2,1-3H3,(H,18,19)(H,20,24). The summed E-state index contributed by atoms with van der Waals surface area (Å²) in [5.41, 5.74) is -0.656. The molecule has 0 fully saturated rings. The average molecular weight is 363 g/mol. The van der Waals surface area contributed by atoms with Crippen molar-refractivity contribution in [1.82, 2.24) is 10.6 Å². The van der Waals surface area contributed by atoms with Crippen LogP contribution in [-0.2, 0) is 20.9 Å². The van der Waals surface area contributed by atoms with E-state index in [1.54, 1.807) is 13.8 Å². The van der Waals surface area contributed by atoms with Gasteiger partial charge in [0.1, 0.15) is 12.4 Å². The molecule has 26 heavy (non-hydrogen) atoms. The van der Waals surface area contributed by atoms with Gasteiger partial charge >= 0.3 is 12.1 Å². The molecule has 0 spiro atoms. The highest BCUT2D eigenvalue weighted by Gasteiger charge is 2.36. The predicted molar refractivity (Wildman–Crippen MR) is 92.1 cm³/mol. The highest BCUT2D eigenvalue weighted by molar-refractivity contribution is 6.02. The number of nitrogens with one attached hydrogen (secondary N) is 2. The Hall–Kier alpha value is -3.07. The molecule has 140 valence electrons. The van der Waals surface area contributed by atoms with Crippen LogP contribution in [0.1, 0.15) is 19.4 Å². The second kappa shape index (κ2) is 7.87. The monoisotopic (exact) mass is 363 g/mol. The summed E-state index contributed by atoms with van der Waals surface area (Å²) in [5.74, 6) is -1.49. The third-order valence-electron chi connectivity index (χ3n) is 3.60. The Morgan fingerprint density at radius 3 is 2.58 bits per heavy atom. The zero-order chi connectivity index (χ0) is 19.3. The van der Waals surface area contributed by atoms with Crippen LogP contribution >= 0.6 is 0 Å². The first-order chi connectivity index (χ1) is 12.2. The van der Waals surface area contributed by atoms with Crippen molar-refractivity contribution in [1.29, 1.82) is 0 Å². The molecule has 2 rings (SSSR count). The van der Waals surface area contributed by atoms with Crippen LogP contribution in [0.5, 0.6) is 0 Å². The summed E-state index contributed by atoms with van der Waals surface area (Å²) < 4.78 is 9.69. The maximum absolute atomic E-state index is 12.1. The molecule has 9 heteroatoms. The Kier molecular flexibility index (Phi) is 5.83. The van der Waals surface area contributed by atoms with Gasteiger partial charge in [-0.3, -0.25) is 0 Å². The van der Waals surface area contributed by atoms with Crippen molar-refractivity contribution in [3.63, 3.8) is 0 Å². The highest BCUT2D eigenvalue weighted by Crippen LogP contribution is 2.17. The summed E-state index contributed by atoms with van der Waals surface area (Å²) in [6, 6.07) is 9.15. The van der Waals surface area contributed by atoms with Crippen LogP contribution in [0, 0.1) is 0 Å². The number of methoxy groups -OCH3 is 1. The fraction of sp³-hybridized carbons (Fsp3) is 0.353. The van der Waals surface area contributed by atoms with Gasteiger partial charge in [-0.15, -0.1) is 0 Å². The van der Waals surface area contributed by atoms with Crippen LogP contribution < -0.4 is 10.6 Å². The van der Waals surface area contributed by atoms with Crippen LogP contribution in [0.2, 0.25) is 0 Å². The summed E-state index contributed by atoms with van der Waals surface area (Å²) >= 11 is 0. The number of nitrogens with zero attached hydrogens (tertiary/aromatic N) is 1. The molecule has 1 heterocycles. The number of aliphatic hydroxyl groups is 2. The van der Waals surface area contributed by atoms with E-state index in [2.05, 4.69) is 20.4 Å². The lowest BCUT2D eigenvalue weighted by atomic mass is 10.0. The molecule has 1 atom stereocenters. The van der Waals surface area contributed by atoms with Crippen molar-refractivity contribution in [2.24, 2.45) is 4.99 Å². The lowest BCUT2D eigenvalue weighted by Gasteiger charge is -2.31. The number of ether oxygens (including phenoxy) is 2. The van der Waals surface area contributed by atoms with Crippen LogP contribution in [0.3, 0.4) is 0 Å². The third-order valence-corrected chi connectivity index (χ3v) is 3.60. The Morgan fingerprint density at radius 2 is 1.96 bits per heavy atom. The molecule has 1 aliphatic rings. The number of benzene rings is 1. The first-order valence-corrected chi connectivity index (χ1v) is 7.78. The quantitative estimate of drug-likeness (QED) is 0.573. The van der Waals surface area contributed by atoms with Gasteiger partial charge in [0.05, 0.1) is 12.6 Å². The van der Waals surface area contributed by atoms with Gasteiger partial charge in [0, 0.05) is 0 Å². The number of carbonyl (C=O) groups is 2. The number of esters is 1. The molecule has 0 bridgehead atoms. The lowest BCUT2D eigenvalue weighted by molar-refractivity contribution is -0.136. The smallest absolute Gasteiger partial charge is 0.408 e. The van der Waals surface area contributed by atoms with Crippen molar-refractivity contribution < 1.29 is 29.3 Å². The molecule has 0 aromatic heterocycles. The van der Waals surface area contributed by atoms with E-state index in [9.17, 15) is 19.8 Å². The molecule has 0 radical (unpaired) electrons. The van der Waals surface area contributed by atoms with Gasteiger partial charge in [-0.05, 0) is 19.4 Å². The van der Waals surface area contributed by atoms with Crippen molar-refractivity contribution in [2.45, 2.75) is 32.2 Å². The molecule has 1 aromatic carbocycles. The van der Waals surface area contributed by atoms with Crippen LogP contribution in [-0.4, -0.2) is 47.0 Å². The fourth-order valence-corrected chi connectivity index (χ4v) is 2.18. The number of aliphatic imine (C=N–C) groups is 1. The maximum atomic E-state index is 12.1. The number of aliphatic hydroxyl groups excluding tert-OH is 2. The zero-order valence-corrected chi connectivity index (χ0v) is 14.6. The number of rotatable bonds is 5. The molecule has 1 amide bonds. The van der Waals surface area contributed by atoms with Gasteiger partial charge in [-0.25, -0.2) is 14.6 Å². The fourth-order valence-electron chi connectivity index (χ4n) is 2.18. The van der Waals surface area contributed by atoms with Crippen LogP contribution in [0.25, 0.3) is 0 Å². The minimum Gasteiger partial charge on any atom is -0.506 e. The number of amides is 1. The molecule has 1 aliphatic heterocycles. The van der Waals surface area contributed by atoms with Gasteiger partial charge in [-0.1, -0.05) is 30.3 Å².